The van der Waals surface area contributed by atoms with Crippen LogP contribution in [0.5, 0.6) is 0 Å². The number of carboxylic acids is 1. The van der Waals surface area contributed by atoms with Crippen molar-refractivity contribution in [1.29, 1.82) is 0 Å². The Morgan fingerprint density at radius 2 is 1.75 bits per heavy atom. The molecule has 0 unspecified atom stereocenters. The van der Waals surface area contributed by atoms with Crippen LogP contribution in [0.1, 0.15) is 10.4 Å². The maximum absolute atomic E-state index is 11.2. The van der Waals surface area contributed by atoms with Crippen molar-refractivity contribution in [1.82, 2.24) is 4.98 Å². The number of aromatic amines is 1. The van der Waals surface area contributed by atoms with Gasteiger partial charge >= 0.3 is 5.97 Å². The molecule has 4 nitrogen and oxygen atoms in total. The smallest absolute Gasteiger partial charge is 0.337 e. The summed E-state index contributed by atoms with van der Waals surface area (Å²) < 4.78 is 0. The Labute approximate surface area is 91.2 Å². The second-order valence-corrected chi connectivity index (χ2v) is 3.28. The van der Waals surface area contributed by atoms with Gasteiger partial charge in [-0.2, -0.15) is 0 Å². The molecule has 0 saturated heterocycles. The number of pyridine rings is 1. The molecular formula is C12H9NO3. The van der Waals surface area contributed by atoms with E-state index in [0.717, 1.165) is 0 Å². The number of rotatable bonds is 2. The van der Waals surface area contributed by atoms with E-state index in [-0.39, 0.29) is 11.1 Å². The number of benzene rings is 1. The number of H-pyrrole nitrogens is 1. The first-order chi connectivity index (χ1) is 7.68. The summed E-state index contributed by atoms with van der Waals surface area (Å²) in [6, 6.07) is 11.4. The van der Waals surface area contributed by atoms with E-state index in [0.29, 0.717) is 11.3 Å². The van der Waals surface area contributed by atoms with Crippen LogP contribution in [-0.2, 0) is 0 Å². The molecule has 0 fully saturated rings. The van der Waals surface area contributed by atoms with Crippen LogP contribution in [0, 0.1) is 0 Å². The van der Waals surface area contributed by atoms with Gasteiger partial charge in [-0.1, -0.05) is 30.3 Å². The molecule has 2 rings (SSSR count). The van der Waals surface area contributed by atoms with Crippen LogP contribution >= 0.6 is 0 Å². The van der Waals surface area contributed by atoms with Crippen molar-refractivity contribution in [3.05, 3.63) is 58.4 Å². The van der Waals surface area contributed by atoms with Gasteiger partial charge in [0.2, 0.25) is 5.56 Å². The van der Waals surface area contributed by atoms with Crippen molar-refractivity contribution in [3.63, 3.8) is 0 Å². The maximum atomic E-state index is 11.2. The van der Waals surface area contributed by atoms with E-state index in [1.807, 2.05) is 6.07 Å². The largest absolute Gasteiger partial charge is 0.478 e. The van der Waals surface area contributed by atoms with Crippen molar-refractivity contribution in [3.8, 4) is 11.3 Å². The molecule has 0 spiro atoms. The zero-order valence-corrected chi connectivity index (χ0v) is 8.31. The molecule has 2 N–H and O–H groups in total. The van der Waals surface area contributed by atoms with Gasteiger partial charge in [0, 0.05) is 6.07 Å². The van der Waals surface area contributed by atoms with E-state index in [2.05, 4.69) is 4.98 Å². The Hall–Kier alpha value is -2.36. The first-order valence-electron chi connectivity index (χ1n) is 4.70. The SMILES string of the molecule is O=C(O)c1ccc(=O)[nH]c1-c1ccccc1. The molecule has 1 aromatic carbocycles. The van der Waals surface area contributed by atoms with E-state index in [4.69, 9.17) is 5.11 Å². The maximum Gasteiger partial charge on any atom is 0.337 e. The van der Waals surface area contributed by atoms with Crippen molar-refractivity contribution < 1.29 is 9.90 Å². The van der Waals surface area contributed by atoms with Crippen LogP contribution in [-0.4, -0.2) is 16.1 Å². The summed E-state index contributed by atoms with van der Waals surface area (Å²) in [5.41, 5.74) is 0.785. The number of hydrogen-bond donors (Lipinski definition) is 2. The van der Waals surface area contributed by atoms with Crippen LogP contribution < -0.4 is 5.56 Å². The minimum absolute atomic E-state index is 0.0887. The van der Waals surface area contributed by atoms with Crippen LogP contribution in [0.4, 0.5) is 0 Å². The highest BCUT2D eigenvalue weighted by molar-refractivity contribution is 5.94. The molecule has 0 aliphatic carbocycles. The summed E-state index contributed by atoms with van der Waals surface area (Å²) in [6.45, 7) is 0. The molecule has 1 heterocycles. The van der Waals surface area contributed by atoms with Gasteiger partial charge in [-0.3, -0.25) is 4.79 Å². The third-order valence-corrected chi connectivity index (χ3v) is 2.21. The predicted octanol–water partition coefficient (Wildman–Crippen LogP) is 1.74. The Bertz CT molecular complexity index is 572. The van der Waals surface area contributed by atoms with Gasteiger partial charge in [-0.05, 0) is 11.6 Å². The standard InChI is InChI=1S/C12H9NO3/c14-10-7-6-9(12(15)16)11(13-10)8-4-2-1-3-5-8/h1-7H,(H,13,14)(H,15,16). The molecule has 0 aliphatic rings. The molecule has 16 heavy (non-hydrogen) atoms. The van der Waals surface area contributed by atoms with E-state index < -0.39 is 5.97 Å². The van der Waals surface area contributed by atoms with Gasteiger partial charge in [0.05, 0.1) is 11.3 Å². The first-order valence-corrected chi connectivity index (χ1v) is 4.70. The quantitative estimate of drug-likeness (QED) is 0.801. The van der Waals surface area contributed by atoms with Crippen LogP contribution in [0.25, 0.3) is 11.3 Å². The van der Waals surface area contributed by atoms with Crippen LogP contribution in [0.15, 0.2) is 47.3 Å². The number of aromatic carboxylic acids is 1. The van der Waals surface area contributed by atoms with E-state index >= 15 is 0 Å². The second kappa shape index (κ2) is 4.02. The van der Waals surface area contributed by atoms with Crippen LogP contribution in [0.2, 0.25) is 0 Å². The fraction of sp³-hybridized carbons (Fsp3) is 0. The molecule has 0 amide bonds. The minimum atomic E-state index is -1.06. The lowest BCUT2D eigenvalue weighted by Crippen LogP contribution is -2.10. The van der Waals surface area contributed by atoms with E-state index in [1.165, 1.54) is 12.1 Å². The highest BCUT2D eigenvalue weighted by Gasteiger charge is 2.11. The monoisotopic (exact) mass is 215 g/mol. The Morgan fingerprint density at radius 3 is 2.38 bits per heavy atom. The Kier molecular flexibility index (Phi) is 2.55. The molecular weight excluding hydrogens is 206 g/mol. The van der Waals surface area contributed by atoms with Crippen LogP contribution in [0.3, 0.4) is 0 Å². The topological polar surface area (TPSA) is 70.2 Å². The number of hydrogen-bond acceptors (Lipinski definition) is 2. The Morgan fingerprint density at radius 1 is 1.06 bits per heavy atom. The summed E-state index contributed by atoms with van der Waals surface area (Å²) >= 11 is 0. The summed E-state index contributed by atoms with van der Waals surface area (Å²) in [7, 11) is 0. The lowest BCUT2D eigenvalue weighted by molar-refractivity contribution is 0.0697. The van der Waals surface area contributed by atoms with Crippen molar-refractivity contribution >= 4 is 5.97 Å². The molecule has 80 valence electrons. The highest BCUT2D eigenvalue weighted by atomic mass is 16.4. The molecule has 4 heteroatoms. The Balaban J connectivity index is 2.68. The molecule has 0 atom stereocenters. The van der Waals surface area contributed by atoms with Gasteiger partial charge in [0.1, 0.15) is 0 Å². The number of nitrogens with one attached hydrogen (secondary N) is 1. The molecule has 2 aromatic rings. The summed E-state index contributed by atoms with van der Waals surface area (Å²) in [6.07, 6.45) is 0. The lowest BCUT2D eigenvalue weighted by Gasteiger charge is -2.04. The zero-order valence-electron chi connectivity index (χ0n) is 8.31. The van der Waals surface area contributed by atoms with E-state index in [1.54, 1.807) is 24.3 Å². The molecule has 0 saturated carbocycles. The second-order valence-electron chi connectivity index (χ2n) is 3.28. The van der Waals surface area contributed by atoms with Crippen molar-refractivity contribution in [2.24, 2.45) is 0 Å². The van der Waals surface area contributed by atoms with Gasteiger partial charge in [-0.25, -0.2) is 4.79 Å². The van der Waals surface area contributed by atoms with Gasteiger partial charge < -0.3 is 10.1 Å². The molecule has 0 radical (unpaired) electrons. The molecule has 1 aromatic heterocycles. The van der Waals surface area contributed by atoms with Gasteiger partial charge in [0.15, 0.2) is 0 Å². The third kappa shape index (κ3) is 1.86. The average molecular weight is 215 g/mol. The fourth-order valence-electron chi connectivity index (χ4n) is 1.49. The summed E-state index contributed by atoms with van der Waals surface area (Å²) in [4.78, 5) is 24.7. The van der Waals surface area contributed by atoms with Gasteiger partial charge in [-0.15, -0.1) is 0 Å². The van der Waals surface area contributed by atoms with Gasteiger partial charge in [0.25, 0.3) is 0 Å². The third-order valence-electron chi connectivity index (χ3n) is 2.21. The highest BCUT2D eigenvalue weighted by Crippen LogP contribution is 2.19. The predicted molar refractivity (Wildman–Crippen MR) is 59.5 cm³/mol. The fourth-order valence-corrected chi connectivity index (χ4v) is 1.49. The van der Waals surface area contributed by atoms with Crippen molar-refractivity contribution in [2.45, 2.75) is 0 Å². The normalized spacial score (nSPS) is 10.0. The average Bonchev–Trinajstić information content (AvgIpc) is 2.29. The summed E-state index contributed by atoms with van der Waals surface area (Å²) in [5.74, 6) is -1.06. The number of carbonyl (C=O) groups is 1. The number of carboxylic acid groups (broad SMARTS) is 1. The summed E-state index contributed by atoms with van der Waals surface area (Å²) in [5, 5.41) is 9.00. The minimum Gasteiger partial charge on any atom is -0.478 e. The zero-order chi connectivity index (χ0) is 11.5. The lowest BCUT2D eigenvalue weighted by atomic mass is 10.1. The number of aromatic nitrogens is 1. The first kappa shape index (κ1) is 10.2. The molecule has 0 bridgehead atoms. The molecule has 0 aliphatic heterocycles. The van der Waals surface area contributed by atoms with Crippen molar-refractivity contribution in [2.75, 3.05) is 0 Å². The van der Waals surface area contributed by atoms with E-state index in [9.17, 15) is 9.59 Å².